The molecule has 1 atom stereocenters. The van der Waals surface area contributed by atoms with Crippen LogP contribution >= 0.6 is 11.8 Å². The van der Waals surface area contributed by atoms with Crippen molar-refractivity contribution in [2.75, 3.05) is 5.32 Å². The van der Waals surface area contributed by atoms with Crippen LogP contribution in [0, 0.1) is 5.82 Å². The quantitative estimate of drug-likeness (QED) is 0.581. The second kappa shape index (κ2) is 6.39. The van der Waals surface area contributed by atoms with Crippen molar-refractivity contribution in [3.8, 4) is 0 Å². The number of nitrogens with one attached hydrogen (secondary N) is 1. The van der Waals surface area contributed by atoms with Gasteiger partial charge in [0.15, 0.2) is 0 Å². The largest absolute Gasteiger partial charge is 0.446 e. The SMILES string of the molecule is CC(Nc1ccc(SC(F)(F)F)cc1)c1cccc(F)c1. The molecule has 0 aliphatic carbocycles. The van der Waals surface area contributed by atoms with Crippen LogP contribution in [0.4, 0.5) is 23.2 Å². The first-order valence-corrected chi connectivity index (χ1v) is 7.03. The van der Waals surface area contributed by atoms with E-state index in [-0.39, 0.29) is 28.5 Å². The lowest BCUT2D eigenvalue weighted by Crippen LogP contribution is -2.06. The minimum atomic E-state index is -4.29. The maximum absolute atomic E-state index is 13.1. The Kier molecular flexibility index (Phi) is 4.77. The van der Waals surface area contributed by atoms with Gasteiger partial charge in [-0.05, 0) is 60.6 Å². The van der Waals surface area contributed by atoms with Crippen LogP contribution in [0.25, 0.3) is 0 Å². The lowest BCUT2D eigenvalue weighted by atomic mass is 10.1. The van der Waals surface area contributed by atoms with Crippen molar-refractivity contribution in [2.24, 2.45) is 0 Å². The lowest BCUT2D eigenvalue weighted by Gasteiger charge is -2.16. The number of halogens is 4. The van der Waals surface area contributed by atoms with Crippen LogP contribution in [-0.4, -0.2) is 5.51 Å². The molecule has 0 saturated heterocycles. The van der Waals surface area contributed by atoms with Crippen molar-refractivity contribution in [1.29, 1.82) is 0 Å². The average Bonchev–Trinajstić information content (AvgIpc) is 2.39. The Morgan fingerprint density at radius 3 is 2.29 bits per heavy atom. The van der Waals surface area contributed by atoms with E-state index in [2.05, 4.69) is 5.32 Å². The molecule has 0 amide bonds. The molecular formula is C15H13F4NS. The van der Waals surface area contributed by atoms with Gasteiger partial charge in [-0.1, -0.05) is 12.1 Å². The zero-order valence-corrected chi connectivity index (χ0v) is 11.9. The molecule has 0 spiro atoms. The van der Waals surface area contributed by atoms with Gasteiger partial charge in [0.25, 0.3) is 0 Å². The number of hydrogen-bond donors (Lipinski definition) is 1. The fraction of sp³-hybridized carbons (Fsp3) is 0.200. The van der Waals surface area contributed by atoms with E-state index in [0.717, 1.165) is 5.56 Å². The van der Waals surface area contributed by atoms with E-state index in [1.54, 1.807) is 24.3 Å². The Bertz CT molecular complexity index is 595. The highest BCUT2D eigenvalue weighted by Crippen LogP contribution is 2.37. The second-order valence-electron chi connectivity index (χ2n) is 4.49. The maximum atomic E-state index is 13.1. The molecule has 1 N–H and O–H groups in total. The standard InChI is InChI=1S/C15H13F4NS/c1-10(11-3-2-4-12(16)9-11)20-13-5-7-14(8-6-13)21-15(17,18)19/h2-10,20H,1H3. The fourth-order valence-electron chi connectivity index (χ4n) is 1.86. The Balaban J connectivity index is 2.03. The minimum absolute atomic E-state index is 0.131. The lowest BCUT2D eigenvalue weighted by molar-refractivity contribution is -0.0328. The van der Waals surface area contributed by atoms with Crippen LogP contribution in [0.2, 0.25) is 0 Å². The number of hydrogen-bond acceptors (Lipinski definition) is 2. The van der Waals surface area contributed by atoms with E-state index in [9.17, 15) is 17.6 Å². The summed E-state index contributed by atoms with van der Waals surface area (Å²) in [6, 6.07) is 12.0. The van der Waals surface area contributed by atoms with Gasteiger partial charge in [-0.15, -0.1) is 0 Å². The molecule has 6 heteroatoms. The molecule has 0 aliphatic heterocycles. The topological polar surface area (TPSA) is 12.0 Å². The summed E-state index contributed by atoms with van der Waals surface area (Å²) >= 11 is -0.151. The van der Waals surface area contributed by atoms with Gasteiger partial charge in [-0.3, -0.25) is 0 Å². The summed E-state index contributed by atoms with van der Waals surface area (Å²) in [4.78, 5) is 0.131. The van der Waals surface area contributed by atoms with E-state index >= 15 is 0 Å². The van der Waals surface area contributed by atoms with Gasteiger partial charge in [0.2, 0.25) is 0 Å². The van der Waals surface area contributed by atoms with Crippen LogP contribution in [0.3, 0.4) is 0 Å². The van der Waals surface area contributed by atoms with Gasteiger partial charge >= 0.3 is 5.51 Å². The molecule has 0 radical (unpaired) electrons. The molecule has 1 unspecified atom stereocenters. The summed E-state index contributed by atoms with van der Waals surface area (Å²) in [6.45, 7) is 1.85. The zero-order chi connectivity index (χ0) is 15.5. The first-order chi connectivity index (χ1) is 9.83. The molecule has 0 fully saturated rings. The molecule has 1 nitrogen and oxygen atoms in total. The van der Waals surface area contributed by atoms with Crippen molar-refractivity contribution < 1.29 is 17.6 Å². The molecule has 21 heavy (non-hydrogen) atoms. The third-order valence-electron chi connectivity index (χ3n) is 2.82. The molecule has 112 valence electrons. The van der Waals surface area contributed by atoms with E-state index in [4.69, 9.17) is 0 Å². The Hall–Kier alpha value is -1.69. The van der Waals surface area contributed by atoms with Gasteiger partial charge in [0.1, 0.15) is 5.82 Å². The van der Waals surface area contributed by atoms with Gasteiger partial charge in [0, 0.05) is 16.6 Å². The highest BCUT2D eigenvalue weighted by atomic mass is 32.2. The molecule has 0 bridgehead atoms. The summed E-state index contributed by atoms with van der Waals surface area (Å²) in [5.41, 5.74) is -2.84. The molecule has 2 aromatic rings. The average molecular weight is 315 g/mol. The summed E-state index contributed by atoms with van der Waals surface area (Å²) in [7, 11) is 0. The number of benzene rings is 2. The van der Waals surface area contributed by atoms with Gasteiger partial charge in [-0.2, -0.15) is 13.2 Å². The number of alkyl halides is 3. The predicted molar refractivity (Wildman–Crippen MR) is 76.8 cm³/mol. The van der Waals surface area contributed by atoms with E-state index in [1.807, 2.05) is 6.92 Å². The second-order valence-corrected chi connectivity index (χ2v) is 5.63. The van der Waals surface area contributed by atoms with Gasteiger partial charge in [-0.25, -0.2) is 4.39 Å². The van der Waals surface area contributed by atoms with Crippen molar-refractivity contribution in [2.45, 2.75) is 23.4 Å². The fourth-order valence-corrected chi connectivity index (χ4v) is 2.40. The van der Waals surface area contributed by atoms with E-state index < -0.39 is 5.51 Å². The molecule has 0 heterocycles. The van der Waals surface area contributed by atoms with Crippen LogP contribution in [0.5, 0.6) is 0 Å². The summed E-state index contributed by atoms with van der Waals surface area (Å²) in [5, 5.41) is 3.12. The number of rotatable bonds is 4. The normalized spacial score (nSPS) is 13.0. The number of thioether (sulfide) groups is 1. The third-order valence-corrected chi connectivity index (χ3v) is 3.56. The van der Waals surface area contributed by atoms with Crippen LogP contribution in [-0.2, 0) is 0 Å². The van der Waals surface area contributed by atoms with Crippen LogP contribution in [0.1, 0.15) is 18.5 Å². The summed E-state index contributed by atoms with van der Waals surface area (Å²) in [6.07, 6.45) is 0. The Labute approximate surface area is 124 Å². The van der Waals surface area contributed by atoms with Crippen LogP contribution < -0.4 is 5.32 Å². The Morgan fingerprint density at radius 2 is 1.71 bits per heavy atom. The molecule has 0 aliphatic rings. The molecular weight excluding hydrogens is 302 g/mol. The number of anilines is 1. The van der Waals surface area contributed by atoms with Crippen LogP contribution in [0.15, 0.2) is 53.4 Å². The highest BCUT2D eigenvalue weighted by molar-refractivity contribution is 8.00. The zero-order valence-electron chi connectivity index (χ0n) is 11.1. The Morgan fingerprint density at radius 1 is 1.05 bits per heavy atom. The van der Waals surface area contributed by atoms with Crippen molar-refractivity contribution in [1.82, 2.24) is 0 Å². The first-order valence-electron chi connectivity index (χ1n) is 6.21. The summed E-state index contributed by atoms with van der Waals surface area (Å²) < 4.78 is 49.8. The molecule has 2 rings (SSSR count). The van der Waals surface area contributed by atoms with Gasteiger partial charge < -0.3 is 5.32 Å². The minimum Gasteiger partial charge on any atom is -0.379 e. The third kappa shape index (κ3) is 4.97. The first kappa shape index (κ1) is 15.7. The van der Waals surface area contributed by atoms with Gasteiger partial charge in [0.05, 0.1) is 0 Å². The predicted octanol–water partition coefficient (Wildman–Crippen LogP) is 5.61. The van der Waals surface area contributed by atoms with Crippen molar-refractivity contribution in [3.05, 3.63) is 59.9 Å². The maximum Gasteiger partial charge on any atom is 0.446 e. The smallest absolute Gasteiger partial charge is 0.379 e. The monoisotopic (exact) mass is 315 g/mol. The summed E-state index contributed by atoms with van der Waals surface area (Å²) in [5.74, 6) is -0.321. The van der Waals surface area contributed by atoms with E-state index in [1.165, 1.54) is 24.3 Å². The highest BCUT2D eigenvalue weighted by Gasteiger charge is 2.28. The molecule has 0 aromatic heterocycles. The van der Waals surface area contributed by atoms with E-state index in [0.29, 0.717) is 5.69 Å². The van der Waals surface area contributed by atoms with Crippen molar-refractivity contribution in [3.63, 3.8) is 0 Å². The molecule has 0 saturated carbocycles. The van der Waals surface area contributed by atoms with Crippen molar-refractivity contribution >= 4 is 17.4 Å². The molecule has 2 aromatic carbocycles.